The Hall–Kier alpha value is -1.60. The van der Waals surface area contributed by atoms with Crippen LogP contribution in [0.4, 0.5) is 0 Å². The molecule has 0 aliphatic heterocycles. The Morgan fingerprint density at radius 3 is 2.71 bits per heavy atom. The summed E-state index contributed by atoms with van der Waals surface area (Å²) in [5.41, 5.74) is -0.0496. The van der Waals surface area contributed by atoms with Crippen LogP contribution in [0.1, 0.15) is 17.4 Å². The lowest BCUT2D eigenvalue weighted by Gasteiger charge is -2.01. The van der Waals surface area contributed by atoms with Crippen molar-refractivity contribution in [2.45, 2.75) is 18.4 Å². The minimum atomic E-state index is -3.67. The molecule has 1 rings (SSSR count). The van der Waals surface area contributed by atoms with Crippen molar-refractivity contribution in [1.29, 1.82) is 0 Å². The average molecular weight is 258 g/mol. The molecule has 0 bridgehead atoms. The number of hydrogen-bond donors (Lipinski definition) is 2. The van der Waals surface area contributed by atoms with E-state index in [2.05, 4.69) is 11.3 Å². The number of nitrogens with one attached hydrogen (secondary N) is 1. The van der Waals surface area contributed by atoms with Gasteiger partial charge in [0.25, 0.3) is 0 Å². The Balaban J connectivity index is 3.15. The molecule has 0 fully saturated rings. The van der Waals surface area contributed by atoms with Gasteiger partial charge in [0, 0.05) is 19.3 Å². The van der Waals surface area contributed by atoms with Gasteiger partial charge in [-0.05, 0) is 13.0 Å². The highest BCUT2D eigenvalue weighted by atomic mass is 32.2. The van der Waals surface area contributed by atoms with Crippen LogP contribution in [0.25, 0.3) is 0 Å². The quantitative estimate of drug-likeness (QED) is 0.734. The third-order valence-electron chi connectivity index (χ3n) is 2.16. The van der Waals surface area contributed by atoms with Gasteiger partial charge >= 0.3 is 5.97 Å². The molecule has 17 heavy (non-hydrogen) atoms. The van der Waals surface area contributed by atoms with Gasteiger partial charge in [-0.2, -0.15) is 0 Å². The van der Waals surface area contributed by atoms with Gasteiger partial charge < -0.3 is 9.67 Å². The predicted molar refractivity (Wildman–Crippen MR) is 62.5 cm³/mol. The maximum atomic E-state index is 11.7. The molecule has 0 radical (unpaired) electrons. The van der Waals surface area contributed by atoms with Crippen molar-refractivity contribution in [2.75, 3.05) is 6.54 Å². The zero-order chi connectivity index (χ0) is 13.1. The fourth-order valence-corrected chi connectivity index (χ4v) is 2.36. The molecule has 0 amide bonds. The Morgan fingerprint density at radius 1 is 1.65 bits per heavy atom. The van der Waals surface area contributed by atoms with Gasteiger partial charge in [-0.3, -0.25) is 0 Å². The van der Waals surface area contributed by atoms with Crippen molar-refractivity contribution in [3.63, 3.8) is 0 Å². The molecule has 1 aromatic rings. The molecule has 0 saturated heterocycles. The van der Waals surface area contributed by atoms with Crippen LogP contribution in [0.5, 0.6) is 0 Å². The molecule has 0 aromatic carbocycles. The van der Waals surface area contributed by atoms with Crippen molar-refractivity contribution in [2.24, 2.45) is 0 Å². The lowest BCUT2D eigenvalue weighted by molar-refractivity contribution is 0.0685. The molecule has 0 aliphatic rings. The van der Waals surface area contributed by atoms with E-state index < -0.39 is 16.0 Å². The Labute approximate surface area is 99.6 Å². The minimum Gasteiger partial charge on any atom is -0.477 e. The molecule has 94 valence electrons. The first-order valence-electron chi connectivity index (χ1n) is 4.96. The van der Waals surface area contributed by atoms with Crippen molar-refractivity contribution >= 4 is 16.0 Å². The summed E-state index contributed by atoms with van der Waals surface area (Å²) in [5.74, 6) is -1.16. The van der Waals surface area contributed by atoms with Gasteiger partial charge in [-0.25, -0.2) is 17.9 Å². The number of aromatic nitrogens is 1. The maximum Gasteiger partial charge on any atom is 0.352 e. The van der Waals surface area contributed by atoms with E-state index in [1.165, 1.54) is 16.8 Å². The first-order chi connectivity index (χ1) is 7.92. The number of carboxylic acid groups (broad SMARTS) is 1. The van der Waals surface area contributed by atoms with Gasteiger partial charge in [-0.15, -0.1) is 6.58 Å². The van der Waals surface area contributed by atoms with Crippen LogP contribution in [0.2, 0.25) is 0 Å². The van der Waals surface area contributed by atoms with Gasteiger partial charge in [-0.1, -0.05) is 6.08 Å². The lowest BCUT2D eigenvalue weighted by atomic mass is 10.4. The van der Waals surface area contributed by atoms with Gasteiger partial charge in [0.15, 0.2) is 0 Å². The number of sulfonamides is 1. The summed E-state index contributed by atoms with van der Waals surface area (Å²) in [7, 11) is -3.67. The Bertz CT molecular complexity index is 531. The normalized spacial score (nSPS) is 11.4. The van der Waals surface area contributed by atoms with E-state index in [-0.39, 0.29) is 17.1 Å². The van der Waals surface area contributed by atoms with Crippen LogP contribution in [0.15, 0.2) is 29.8 Å². The number of carboxylic acids is 1. The first-order valence-corrected chi connectivity index (χ1v) is 6.44. The van der Waals surface area contributed by atoms with Crippen LogP contribution in [-0.4, -0.2) is 30.6 Å². The maximum absolute atomic E-state index is 11.7. The first kappa shape index (κ1) is 13.5. The summed E-state index contributed by atoms with van der Waals surface area (Å²) in [6.45, 7) is 5.62. The fourth-order valence-electron chi connectivity index (χ4n) is 1.32. The Kier molecular flexibility index (Phi) is 4.08. The average Bonchev–Trinajstić information content (AvgIpc) is 2.71. The number of rotatable bonds is 6. The molecular formula is C10H14N2O4S. The number of nitrogens with zero attached hydrogens (tertiary/aromatic N) is 1. The highest BCUT2D eigenvalue weighted by molar-refractivity contribution is 7.89. The molecule has 0 aliphatic carbocycles. The van der Waals surface area contributed by atoms with Crippen LogP contribution in [0.3, 0.4) is 0 Å². The van der Waals surface area contributed by atoms with E-state index >= 15 is 0 Å². The summed E-state index contributed by atoms with van der Waals surface area (Å²) in [5, 5.41) is 8.90. The molecular weight excluding hydrogens is 244 g/mol. The molecule has 1 aromatic heterocycles. The zero-order valence-corrected chi connectivity index (χ0v) is 10.2. The van der Waals surface area contributed by atoms with Crippen molar-refractivity contribution in [3.8, 4) is 0 Å². The number of carbonyl (C=O) groups is 1. The van der Waals surface area contributed by atoms with Gasteiger partial charge in [0.2, 0.25) is 10.0 Å². The number of aryl methyl sites for hydroxylation is 1. The van der Waals surface area contributed by atoms with Crippen molar-refractivity contribution < 1.29 is 18.3 Å². The van der Waals surface area contributed by atoms with E-state index in [9.17, 15) is 13.2 Å². The number of aromatic carboxylic acids is 1. The third-order valence-corrected chi connectivity index (χ3v) is 3.55. The van der Waals surface area contributed by atoms with Crippen LogP contribution in [0, 0.1) is 0 Å². The molecule has 0 saturated carbocycles. The predicted octanol–water partition coefficient (Wildman–Crippen LogP) is 0.670. The Morgan fingerprint density at radius 2 is 2.29 bits per heavy atom. The molecule has 7 heteroatoms. The van der Waals surface area contributed by atoms with Crippen molar-refractivity contribution in [1.82, 2.24) is 9.29 Å². The molecule has 6 nitrogen and oxygen atoms in total. The molecule has 1 heterocycles. The highest BCUT2D eigenvalue weighted by Gasteiger charge is 2.19. The lowest BCUT2D eigenvalue weighted by Crippen LogP contribution is -2.23. The van der Waals surface area contributed by atoms with Gasteiger partial charge in [0.05, 0.1) is 0 Å². The van der Waals surface area contributed by atoms with Crippen LogP contribution in [-0.2, 0) is 16.6 Å². The SMILES string of the molecule is C=CCNS(=O)(=O)c1cc(C(=O)O)n(CC)c1. The summed E-state index contributed by atoms with van der Waals surface area (Å²) >= 11 is 0. The smallest absolute Gasteiger partial charge is 0.352 e. The second kappa shape index (κ2) is 5.15. The minimum absolute atomic E-state index is 0.0496. The van der Waals surface area contributed by atoms with E-state index in [4.69, 9.17) is 5.11 Å². The summed E-state index contributed by atoms with van der Waals surface area (Å²) in [6, 6.07) is 1.14. The monoisotopic (exact) mass is 258 g/mol. The second-order valence-corrected chi connectivity index (χ2v) is 5.06. The summed E-state index contributed by atoms with van der Waals surface area (Å²) in [4.78, 5) is 10.8. The van der Waals surface area contributed by atoms with Crippen LogP contribution < -0.4 is 4.72 Å². The van der Waals surface area contributed by atoms with E-state index in [1.807, 2.05) is 0 Å². The third kappa shape index (κ3) is 2.95. The van der Waals surface area contributed by atoms with E-state index in [1.54, 1.807) is 6.92 Å². The van der Waals surface area contributed by atoms with E-state index in [0.717, 1.165) is 6.07 Å². The summed E-state index contributed by atoms with van der Waals surface area (Å²) < 4.78 is 27.1. The standard InChI is InChI=1S/C10H14N2O4S/c1-3-5-11-17(15,16)8-6-9(10(13)14)12(4-2)7-8/h3,6-7,11H,1,4-5H2,2H3,(H,13,14). The van der Waals surface area contributed by atoms with Crippen molar-refractivity contribution in [3.05, 3.63) is 30.6 Å². The molecule has 0 unspecified atom stereocenters. The zero-order valence-electron chi connectivity index (χ0n) is 9.38. The molecule has 0 spiro atoms. The largest absolute Gasteiger partial charge is 0.477 e. The topological polar surface area (TPSA) is 88.4 Å². The van der Waals surface area contributed by atoms with E-state index in [0.29, 0.717) is 6.54 Å². The molecule has 2 N–H and O–H groups in total. The van der Waals surface area contributed by atoms with Gasteiger partial charge in [0.1, 0.15) is 10.6 Å². The second-order valence-electron chi connectivity index (χ2n) is 3.29. The molecule has 0 atom stereocenters. The highest BCUT2D eigenvalue weighted by Crippen LogP contribution is 2.14. The number of hydrogen-bond acceptors (Lipinski definition) is 3. The fraction of sp³-hybridized carbons (Fsp3) is 0.300. The van der Waals surface area contributed by atoms with Crippen LogP contribution >= 0.6 is 0 Å². The summed E-state index contributed by atoms with van der Waals surface area (Å²) in [6.07, 6.45) is 2.71.